The van der Waals surface area contributed by atoms with Crippen LogP contribution in [-0.2, 0) is 6.42 Å². The van der Waals surface area contributed by atoms with Crippen LogP contribution in [0.3, 0.4) is 0 Å². The molecule has 1 aliphatic carbocycles. The Morgan fingerprint density at radius 1 is 1.06 bits per heavy atom. The van der Waals surface area contributed by atoms with Gasteiger partial charge in [-0.2, -0.15) is 5.10 Å². The Morgan fingerprint density at radius 3 is 2.59 bits per heavy atom. The molecule has 1 atom stereocenters. The third-order valence-electron chi connectivity index (χ3n) is 6.47. The number of carbonyl (C=O) groups is 1. The van der Waals surface area contributed by atoms with E-state index in [2.05, 4.69) is 49.2 Å². The van der Waals surface area contributed by atoms with Crippen LogP contribution in [0.25, 0.3) is 22.2 Å². The van der Waals surface area contributed by atoms with Gasteiger partial charge in [0.25, 0.3) is 5.91 Å². The summed E-state index contributed by atoms with van der Waals surface area (Å²) in [5, 5.41) is 8.09. The molecule has 0 saturated heterocycles. The quantitative estimate of drug-likeness (QED) is 0.435. The molecule has 1 N–H and O–H groups in total. The molecule has 160 valence electrons. The maximum atomic E-state index is 13.4. The SMILES string of the molecule is C=C(C)c1c(C(=O)N[C@H]2CCc3ccccc32)ccc2c(-c3ccccc3C)c(C)nn12. The highest BCUT2D eigenvalue weighted by Crippen LogP contribution is 2.34. The van der Waals surface area contributed by atoms with Gasteiger partial charge in [-0.05, 0) is 73.6 Å². The number of fused-ring (bicyclic) bond motifs is 2. The normalized spacial score (nSPS) is 15.0. The third kappa shape index (κ3) is 3.23. The maximum Gasteiger partial charge on any atom is 0.253 e. The van der Waals surface area contributed by atoms with Crippen molar-refractivity contribution in [3.05, 3.63) is 101 Å². The highest BCUT2D eigenvalue weighted by molar-refractivity contribution is 6.00. The van der Waals surface area contributed by atoms with E-state index in [1.165, 1.54) is 16.7 Å². The summed E-state index contributed by atoms with van der Waals surface area (Å²) in [6.07, 6.45) is 1.92. The largest absolute Gasteiger partial charge is 0.345 e. The summed E-state index contributed by atoms with van der Waals surface area (Å²) in [4.78, 5) is 13.4. The molecule has 2 aromatic carbocycles. The highest BCUT2D eigenvalue weighted by Gasteiger charge is 2.26. The van der Waals surface area contributed by atoms with E-state index in [9.17, 15) is 4.79 Å². The topological polar surface area (TPSA) is 46.4 Å². The van der Waals surface area contributed by atoms with E-state index in [1.54, 1.807) is 0 Å². The zero-order chi connectivity index (χ0) is 22.4. The third-order valence-corrected chi connectivity index (χ3v) is 6.47. The number of pyridine rings is 1. The summed E-state index contributed by atoms with van der Waals surface area (Å²) in [6.45, 7) is 10.2. The Hall–Kier alpha value is -3.66. The summed E-state index contributed by atoms with van der Waals surface area (Å²) in [7, 11) is 0. The van der Waals surface area contributed by atoms with Crippen molar-refractivity contribution < 1.29 is 4.79 Å². The molecule has 4 heteroatoms. The predicted octanol–water partition coefficient (Wildman–Crippen LogP) is 6.07. The lowest BCUT2D eigenvalue weighted by Crippen LogP contribution is -2.28. The summed E-state index contributed by atoms with van der Waals surface area (Å²) < 4.78 is 1.89. The molecule has 4 aromatic rings. The van der Waals surface area contributed by atoms with Gasteiger partial charge in [-0.15, -0.1) is 0 Å². The standard InChI is InChI=1S/C28H27N3O/c1-17(2)27-23(28(32)29-24-15-13-20-10-6-8-12-22(20)24)14-16-25-26(19(4)30-31(25)27)21-11-7-5-9-18(21)3/h5-12,14,16,24H,1,13,15H2,2-4H3,(H,29,32)/t24-/m0/s1. The minimum atomic E-state index is -0.0859. The van der Waals surface area contributed by atoms with Crippen LogP contribution in [0, 0.1) is 13.8 Å². The molecule has 0 bridgehead atoms. The summed E-state index contributed by atoms with van der Waals surface area (Å²) in [6, 6.07) is 20.6. The van der Waals surface area contributed by atoms with Gasteiger partial charge in [-0.1, -0.05) is 55.1 Å². The number of rotatable bonds is 4. The van der Waals surface area contributed by atoms with Gasteiger partial charge in [0.15, 0.2) is 0 Å². The molecule has 1 amide bonds. The Balaban J connectivity index is 1.59. The number of nitrogens with one attached hydrogen (secondary N) is 1. The second-order valence-electron chi connectivity index (χ2n) is 8.71. The second-order valence-corrected chi connectivity index (χ2v) is 8.71. The molecule has 0 aliphatic heterocycles. The van der Waals surface area contributed by atoms with E-state index in [0.717, 1.165) is 46.4 Å². The van der Waals surface area contributed by atoms with Crippen molar-refractivity contribution in [1.82, 2.24) is 14.9 Å². The van der Waals surface area contributed by atoms with Crippen molar-refractivity contribution >= 4 is 17.0 Å². The van der Waals surface area contributed by atoms with Gasteiger partial charge < -0.3 is 5.32 Å². The fourth-order valence-corrected chi connectivity index (χ4v) is 4.95. The molecule has 0 spiro atoms. The molecule has 0 saturated carbocycles. The van der Waals surface area contributed by atoms with Gasteiger partial charge in [0, 0.05) is 5.56 Å². The number of benzene rings is 2. The van der Waals surface area contributed by atoms with Crippen LogP contribution >= 0.6 is 0 Å². The lowest BCUT2D eigenvalue weighted by Gasteiger charge is -2.17. The number of hydrogen-bond donors (Lipinski definition) is 1. The number of nitrogens with zero attached hydrogens (tertiary/aromatic N) is 2. The summed E-state index contributed by atoms with van der Waals surface area (Å²) >= 11 is 0. The summed E-state index contributed by atoms with van der Waals surface area (Å²) in [5.41, 5.74) is 10.1. The lowest BCUT2D eigenvalue weighted by atomic mass is 9.98. The van der Waals surface area contributed by atoms with Crippen LogP contribution in [0.15, 0.2) is 67.2 Å². The number of amides is 1. The molecule has 2 aromatic heterocycles. The number of hydrogen-bond acceptors (Lipinski definition) is 2. The van der Waals surface area contributed by atoms with E-state index in [4.69, 9.17) is 5.10 Å². The maximum absolute atomic E-state index is 13.4. The first-order valence-corrected chi connectivity index (χ1v) is 11.1. The highest BCUT2D eigenvalue weighted by atomic mass is 16.1. The van der Waals surface area contributed by atoms with E-state index in [-0.39, 0.29) is 11.9 Å². The van der Waals surface area contributed by atoms with E-state index in [0.29, 0.717) is 5.56 Å². The van der Waals surface area contributed by atoms with Crippen LogP contribution in [0.1, 0.15) is 57.8 Å². The zero-order valence-electron chi connectivity index (χ0n) is 18.8. The van der Waals surface area contributed by atoms with Gasteiger partial charge in [0.2, 0.25) is 0 Å². The second kappa shape index (κ2) is 7.79. The van der Waals surface area contributed by atoms with Crippen molar-refractivity contribution in [2.24, 2.45) is 0 Å². The minimum Gasteiger partial charge on any atom is -0.345 e. The molecule has 0 unspecified atom stereocenters. The van der Waals surface area contributed by atoms with Crippen molar-refractivity contribution in [2.75, 3.05) is 0 Å². The van der Waals surface area contributed by atoms with Crippen molar-refractivity contribution in [2.45, 2.75) is 39.7 Å². The van der Waals surface area contributed by atoms with Crippen LogP contribution in [0.4, 0.5) is 0 Å². The molecule has 4 nitrogen and oxygen atoms in total. The van der Waals surface area contributed by atoms with Crippen LogP contribution in [0.2, 0.25) is 0 Å². The van der Waals surface area contributed by atoms with Gasteiger partial charge in [0.1, 0.15) is 0 Å². The monoisotopic (exact) mass is 421 g/mol. The van der Waals surface area contributed by atoms with Crippen LogP contribution in [-0.4, -0.2) is 15.5 Å². The molecular formula is C28H27N3O. The number of carbonyl (C=O) groups excluding carboxylic acids is 1. The van der Waals surface area contributed by atoms with E-state index < -0.39 is 0 Å². The predicted molar refractivity (Wildman–Crippen MR) is 130 cm³/mol. The van der Waals surface area contributed by atoms with E-state index in [1.807, 2.05) is 48.7 Å². The van der Waals surface area contributed by atoms with Gasteiger partial charge in [-0.3, -0.25) is 4.79 Å². The molecule has 2 heterocycles. The fraction of sp³-hybridized carbons (Fsp3) is 0.214. The molecule has 0 radical (unpaired) electrons. The molecule has 5 rings (SSSR count). The Bertz CT molecular complexity index is 1380. The van der Waals surface area contributed by atoms with Crippen molar-refractivity contribution in [3.8, 4) is 11.1 Å². The smallest absolute Gasteiger partial charge is 0.253 e. The number of aromatic nitrogens is 2. The summed E-state index contributed by atoms with van der Waals surface area (Å²) in [5.74, 6) is -0.0859. The first kappa shape index (κ1) is 20.3. The zero-order valence-corrected chi connectivity index (χ0v) is 18.8. The van der Waals surface area contributed by atoms with Crippen LogP contribution in [0.5, 0.6) is 0 Å². The minimum absolute atomic E-state index is 0.0363. The van der Waals surface area contributed by atoms with Gasteiger partial charge in [-0.25, -0.2) is 4.52 Å². The number of aryl methyl sites for hydroxylation is 3. The van der Waals surface area contributed by atoms with Gasteiger partial charge in [0.05, 0.1) is 28.5 Å². The molecular weight excluding hydrogens is 394 g/mol. The average Bonchev–Trinajstić information content (AvgIpc) is 3.33. The van der Waals surface area contributed by atoms with Gasteiger partial charge >= 0.3 is 0 Å². The number of allylic oxidation sites excluding steroid dienone is 1. The molecule has 1 aliphatic rings. The first-order chi connectivity index (χ1) is 15.5. The Morgan fingerprint density at radius 2 is 1.81 bits per heavy atom. The first-order valence-electron chi connectivity index (χ1n) is 11.1. The van der Waals surface area contributed by atoms with Crippen LogP contribution < -0.4 is 5.32 Å². The average molecular weight is 422 g/mol. The molecule has 32 heavy (non-hydrogen) atoms. The Kier molecular flexibility index (Phi) is 4.93. The van der Waals surface area contributed by atoms with E-state index >= 15 is 0 Å². The Labute approximate surface area is 188 Å². The van der Waals surface area contributed by atoms with Crippen molar-refractivity contribution in [3.63, 3.8) is 0 Å². The molecule has 0 fully saturated rings. The fourth-order valence-electron chi connectivity index (χ4n) is 4.95. The van der Waals surface area contributed by atoms with Crippen molar-refractivity contribution in [1.29, 1.82) is 0 Å². The lowest BCUT2D eigenvalue weighted by molar-refractivity contribution is 0.0936.